The van der Waals surface area contributed by atoms with Crippen LogP contribution in [0.5, 0.6) is 0 Å². The van der Waals surface area contributed by atoms with Gasteiger partial charge in [-0.15, -0.1) is 0 Å². The van der Waals surface area contributed by atoms with E-state index in [0.29, 0.717) is 25.5 Å². The van der Waals surface area contributed by atoms with Crippen LogP contribution >= 0.6 is 0 Å². The summed E-state index contributed by atoms with van der Waals surface area (Å²) in [5.41, 5.74) is 5.21. The lowest BCUT2D eigenvalue weighted by molar-refractivity contribution is -0.130. The van der Waals surface area contributed by atoms with Crippen LogP contribution in [-0.4, -0.2) is 35.5 Å². The van der Waals surface area contributed by atoms with Gasteiger partial charge in [0.05, 0.1) is 12.2 Å². The van der Waals surface area contributed by atoms with Crippen molar-refractivity contribution in [3.05, 3.63) is 70.3 Å². The van der Waals surface area contributed by atoms with Crippen LogP contribution in [0.15, 0.2) is 47.5 Å². The quantitative estimate of drug-likeness (QED) is 0.695. The summed E-state index contributed by atoms with van der Waals surface area (Å²) in [7, 11) is 0. The molecule has 2 aromatic rings. The first kappa shape index (κ1) is 17.2. The lowest BCUT2D eigenvalue weighted by atomic mass is 9.84. The predicted octanol–water partition coefficient (Wildman–Crippen LogP) is 3.27. The second-order valence-corrected chi connectivity index (χ2v) is 8.85. The minimum absolute atomic E-state index is 0.135. The van der Waals surface area contributed by atoms with Crippen molar-refractivity contribution in [1.29, 1.82) is 0 Å². The third-order valence-electron chi connectivity index (χ3n) is 7.04. The second kappa shape index (κ2) is 5.92. The molecule has 2 aromatic carbocycles. The molecule has 148 valence electrons. The Bertz CT molecular complexity index is 1050. The Labute approximate surface area is 170 Å². The van der Waals surface area contributed by atoms with E-state index >= 15 is 0 Å². The fraction of sp³-hybridized carbons (Fsp3) is 0.417. The number of piperidine rings is 1. The number of aryl methyl sites for hydroxylation is 1. The number of amidine groups is 1. The monoisotopic (exact) mass is 388 g/mol. The second-order valence-electron chi connectivity index (χ2n) is 8.85. The zero-order chi connectivity index (χ0) is 19.6. The molecular weight excluding hydrogens is 364 g/mol. The van der Waals surface area contributed by atoms with Crippen LogP contribution in [-0.2, 0) is 39.3 Å². The highest BCUT2D eigenvalue weighted by atomic mass is 16.5. The highest BCUT2D eigenvalue weighted by molar-refractivity contribution is 6.02. The summed E-state index contributed by atoms with van der Waals surface area (Å²) in [6, 6.07) is 15.4. The number of nitrogens with zero attached hydrogens (tertiary/aromatic N) is 2. The van der Waals surface area contributed by atoms with Crippen LogP contribution in [0.25, 0.3) is 0 Å². The summed E-state index contributed by atoms with van der Waals surface area (Å²) in [5.74, 6) is -0.135. The molecule has 4 aliphatic rings. The van der Waals surface area contributed by atoms with E-state index in [2.05, 4.69) is 59.3 Å². The average Bonchev–Trinajstić information content (AvgIpc) is 3.37. The molecule has 1 fully saturated rings. The summed E-state index contributed by atoms with van der Waals surface area (Å²) >= 11 is 0. The fourth-order valence-electron chi connectivity index (χ4n) is 5.42. The minimum atomic E-state index is -0.836. The Hall–Kier alpha value is -2.66. The lowest BCUT2D eigenvalue weighted by Crippen LogP contribution is -2.47. The van der Waals surface area contributed by atoms with Gasteiger partial charge in [0.25, 0.3) is 11.9 Å². The first-order valence-corrected chi connectivity index (χ1v) is 10.4. The van der Waals surface area contributed by atoms with Gasteiger partial charge in [-0.25, -0.2) is 0 Å². The molecule has 0 aromatic heterocycles. The van der Waals surface area contributed by atoms with Gasteiger partial charge in [-0.2, -0.15) is 4.99 Å². The fourth-order valence-corrected chi connectivity index (χ4v) is 5.42. The normalized spacial score (nSPS) is 26.6. The Morgan fingerprint density at radius 3 is 2.62 bits per heavy atom. The molecule has 6 rings (SSSR count). The van der Waals surface area contributed by atoms with Crippen molar-refractivity contribution in [3.63, 3.8) is 0 Å². The number of carbonyl (C=O) groups excluding carboxylic acids is 1. The lowest BCUT2D eigenvalue weighted by Gasteiger charge is -2.39. The van der Waals surface area contributed by atoms with Crippen LogP contribution in [0, 0.1) is 6.92 Å². The third kappa shape index (κ3) is 2.50. The zero-order valence-electron chi connectivity index (χ0n) is 16.6. The largest absolute Gasteiger partial charge is 0.447 e. The van der Waals surface area contributed by atoms with Crippen LogP contribution in [0.1, 0.15) is 40.7 Å². The topological polar surface area (TPSA) is 51.1 Å². The van der Waals surface area contributed by atoms with E-state index in [1.165, 1.54) is 27.8 Å². The Balaban J connectivity index is 1.19. The number of rotatable bonds is 0. The SMILES string of the molecule is Cc1ccc2c(c1)CC1(C2)OC(N2CCC3(CC2)OCc2ccccc23)=NC1=O. The van der Waals surface area contributed by atoms with E-state index in [1.807, 2.05) is 0 Å². The van der Waals surface area contributed by atoms with Gasteiger partial charge in [0.15, 0.2) is 0 Å². The standard InChI is InChI=1S/C24H24N2O3/c1-16-6-7-17-13-24(14-19(17)12-16)21(27)25-22(29-24)26-10-8-23(9-11-26)20-5-3-2-4-18(20)15-28-23/h2-7,12H,8-11,13-15H2,1H3. The molecule has 1 amide bonds. The predicted molar refractivity (Wildman–Crippen MR) is 109 cm³/mol. The minimum Gasteiger partial charge on any atom is -0.447 e. The highest BCUT2D eigenvalue weighted by Crippen LogP contribution is 2.45. The summed E-state index contributed by atoms with van der Waals surface area (Å²) in [6.07, 6.45) is 2.99. The van der Waals surface area contributed by atoms with Crippen molar-refractivity contribution in [2.45, 2.75) is 50.4 Å². The number of fused-ring (bicyclic) bond motifs is 3. The third-order valence-corrected chi connectivity index (χ3v) is 7.04. The molecule has 3 aliphatic heterocycles. The summed E-state index contributed by atoms with van der Waals surface area (Å²) in [4.78, 5) is 19.3. The molecule has 29 heavy (non-hydrogen) atoms. The number of hydrogen-bond acceptors (Lipinski definition) is 4. The number of aliphatic imine (C=N–C) groups is 1. The summed E-state index contributed by atoms with van der Waals surface area (Å²) in [5, 5.41) is 0. The summed E-state index contributed by atoms with van der Waals surface area (Å²) < 4.78 is 12.5. The van der Waals surface area contributed by atoms with Crippen LogP contribution in [0.3, 0.4) is 0 Å². The van der Waals surface area contributed by atoms with Crippen molar-refractivity contribution < 1.29 is 14.3 Å². The first-order valence-electron chi connectivity index (χ1n) is 10.4. The Morgan fingerprint density at radius 1 is 0.966 bits per heavy atom. The number of amides is 1. The molecule has 1 saturated heterocycles. The van der Waals surface area contributed by atoms with Gasteiger partial charge in [0, 0.05) is 25.9 Å². The Morgan fingerprint density at radius 2 is 1.76 bits per heavy atom. The van der Waals surface area contributed by atoms with Gasteiger partial charge in [-0.1, -0.05) is 48.0 Å². The molecule has 0 saturated carbocycles. The number of hydrogen-bond donors (Lipinski definition) is 0. The van der Waals surface area contributed by atoms with E-state index < -0.39 is 5.60 Å². The van der Waals surface area contributed by atoms with Gasteiger partial charge in [-0.05, 0) is 42.0 Å². The van der Waals surface area contributed by atoms with E-state index in [1.54, 1.807) is 0 Å². The van der Waals surface area contributed by atoms with E-state index in [4.69, 9.17) is 9.47 Å². The summed E-state index contributed by atoms with van der Waals surface area (Å²) in [6.45, 7) is 4.33. The van der Waals surface area contributed by atoms with Gasteiger partial charge in [0.2, 0.25) is 5.60 Å². The van der Waals surface area contributed by atoms with Crippen LogP contribution < -0.4 is 0 Å². The maximum atomic E-state index is 12.9. The average molecular weight is 388 g/mol. The maximum Gasteiger partial charge on any atom is 0.296 e. The van der Waals surface area contributed by atoms with E-state index in [9.17, 15) is 4.79 Å². The molecule has 1 aliphatic carbocycles. The smallest absolute Gasteiger partial charge is 0.296 e. The van der Waals surface area contributed by atoms with Crippen molar-refractivity contribution in [2.75, 3.05) is 13.1 Å². The number of benzene rings is 2. The molecule has 1 atom stereocenters. The van der Waals surface area contributed by atoms with E-state index in [-0.39, 0.29) is 11.5 Å². The van der Waals surface area contributed by atoms with Gasteiger partial charge in [-0.3, -0.25) is 4.79 Å². The van der Waals surface area contributed by atoms with Crippen molar-refractivity contribution >= 4 is 11.9 Å². The molecule has 3 heterocycles. The number of carbonyl (C=O) groups is 1. The molecule has 0 N–H and O–H groups in total. The molecule has 1 unspecified atom stereocenters. The molecule has 5 heteroatoms. The highest BCUT2D eigenvalue weighted by Gasteiger charge is 2.52. The maximum absolute atomic E-state index is 12.9. The molecular formula is C24H24N2O3. The van der Waals surface area contributed by atoms with Crippen LogP contribution in [0.2, 0.25) is 0 Å². The van der Waals surface area contributed by atoms with Gasteiger partial charge in [0.1, 0.15) is 0 Å². The van der Waals surface area contributed by atoms with Gasteiger partial charge < -0.3 is 14.4 Å². The van der Waals surface area contributed by atoms with Crippen molar-refractivity contribution in [3.8, 4) is 0 Å². The van der Waals surface area contributed by atoms with E-state index in [0.717, 1.165) is 25.9 Å². The van der Waals surface area contributed by atoms with Crippen LogP contribution in [0.4, 0.5) is 0 Å². The first-order chi connectivity index (χ1) is 14.1. The van der Waals surface area contributed by atoms with Crippen molar-refractivity contribution in [2.24, 2.45) is 4.99 Å². The van der Waals surface area contributed by atoms with Crippen molar-refractivity contribution in [1.82, 2.24) is 4.90 Å². The molecule has 0 radical (unpaired) electrons. The molecule has 2 spiro atoms. The Kier molecular flexibility index (Phi) is 3.52. The molecule has 5 nitrogen and oxygen atoms in total. The molecule has 0 bridgehead atoms. The number of likely N-dealkylation sites (tertiary alicyclic amines) is 1. The van der Waals surface area contributed by atoms with Gasteiger partial charge >= 0.3 is 0 Å². The number of ether oxygens (including phenoxy) is 2. The zero-order valence-corrected chi connectivity index (χ0v) is 16.6.